The molecule has 1 atom stereocenters. The summed E-state index contributed by atoms with van der Waals surface area (Å²) in [4.78, 5) is 1.91. The van der Waals surface area contributed by atoms with Crippen LogP contribution in [-0.2, 0) is 19.3 Å². The lowest BCUT2D eigenvalue weighted by molar-refractivity contribution is -0.148. The second-order valence-electron chi connectivity index (χ2n) is 4.77. The summed E-state index contributed by atoms with van der Waals surface area (Å²) in [5, 5.41) is 16.5. The Hall–Kier alpha value is -1.15. The zero-order valence-corrected chi connectivity index (χ0v) is 10.7. The summed E-state index contributed by atoms with van der Waals surface area (Å²) in [6.07, 6.45) is -3.34. The summed E-state index contributed by atoms with van der Waals surface area (Å²) in [6.45, 7) is 3.41. The number of aliphatic hydroxyl groups excluding tert-OH is 1. The van der Waals surface area contributed by atoms with Gasteiger partial charge in [0, 0.05) is 19.6 Å². The molecule has 8 heteroatoms. The highest BCUT2D eigenvalue weighted by Gasteiger charge is 2.39. The van der Waals surface area contributed by atoms with Gasteiger partial charge in [0.05, 0.1) is 12.6 Å². The number of nitrogens with zero attached hydrogens (tertiary/aromatic N) is 4. The van der Waals surface area contributed by atoms with Crippen molar-refractivity contribution < 1.29 is 18.3 Å². The number of aliphatic hydroxyl groups is 1. The van der Waals surface area contributed by atoms with Crippen LogP contribution in [0.5, 0.6) is 0 Å². The van der Waals surface area contributed by atoms with Gasteiger partial charge in [0.15, 0.2) is 0 Å². The van der Waals surface area contributed by atoms with Gasteiger partial charge < -0.3 is 9.67 Å². The molecular formula is C11H17F3N4O. The smallest absolute Gasteiger partial charge is 0.392 e. The van der Waals surface area contributed by atoms with E-state index in [4.69, 9.17) is 0 Å². The van der Waals surface area contributed by atoms with Crippen molar-refractivity contribution in [1.82, 2.24) is 19.7 Å². The quantitative estimate of drug-likeness (QED) is 0.901. The molecule has 0 bridgehead atoms. The van der Waals surface area contributed by atoms with E-state index in [9.17, 15) is 18.3 Å². The minimum Gasteiger partial charge on any atom is -0.392 e. The summed E-state index contributed by atoms with van der Waals surface area (Å²) in [5.41, 5.74) is 0. The third-order valence-corrected chi connectivity index (χ3v) is 3.18. The maximum absolute atomic E-state index is 12.6. The number of halogens is 3. The molecule has 108 valence electrons. The van der Waals surface area contributed by atoms with Crippen molar-refractivity contribution in [3.63, 3.8) is 0 Å². The molecule has 0 fully saturated rings. The second kappa shape index (κ2) is 5.46. The van der Waals surface area contributed by atoms with Crippen LogP contribution in [-0.4, -0.2) is 44.0 Å². The van der Waals surface area contributed by atoms with Gasteiger partial charge in [0.2, 0.25) is 5.82 Å². The minimum absolute atomic E-state index is 0.204. The fourth-order valence-electron chi connectivity index (χ4n) is 2.30. The van der Waals surface area contributed by atoms with E-state index in [0.29, 0.717) is 31.9 Å². The Bertz CT molecular complexity index is 432. The molecule has 0 saturated carbocycles. The molecule has 1 aromatic heterocycles. The topological polar surface area (TPSA) is 54.2 Å². The SMILES string of the molecule is CCCC(O)CN1CCn2c(nnc2C(F)(F)F)C1. The minimum atomic E-state index is -4.46. The molecule has 0 aromatic carbocycles. The van der Waals surface area contributed by atoms with Crippen molar-refractivity contribution >= 4 is 0 Å². The van der Waals surface area contributed by atoms with Gasteiger partial charge in [-0.05, 0) is 6.42 Å². The zero-order chi connectivity index (χ0) is 14.0. The molecule has 1 aliphatic heterocycles. The van der Waals surface area contributed by atoms with Crippen LogP contribution in [0.25, 0.3) is 0 Å². The number of alkyl halides is 3. The maximum atomic E-state index is 12.6. The van der Waals surface area contributed by atoms with Crippen molar-refractivity contribution in [3.8, 4) is 0 Å². The Labute approximate surface area is 109 Å². The van der Waals surface area contributed by atoms with Gasteiger partial charge in [-0.1, -0.05) is 13.3 Å². The Kier molecular flexibility index (Phi) is 4.10. The molecule has 19 heavy (non-hydrogen) atoms. The Morgan fingerprint density at radius 1 is 1.32 bits per heavy atom. The first-order valence-electron chi connectivity index (χ1n) is 6.31. The fraction of sp³-hybridized carbons (Fsp3) is 0.818. The summed E-state index contributed by atoms with van der Waals surface area (Å²) in [7, 11) is 0. The highest BCUT2D eigenvalue weighted by atomic mass is 19.4. The molecular weight excluding hydrogens is 261 g/mol. The molecule has 1 unspecified atom stereocenters. The average Bonchev–Trinajstić information content (AvgIpc) is 2.71. The largest absolute Gasteiger partial charge is 0.451 e. The van der Waals surface area contributed by atoms with Crippen molar-refractivity contribution in [2.75, 3.05) is 13.1 Å². The molecule has 0 amide bonds. The van der Waals surface area contributed by atoms with E-state index >= 15 is 0 Å². The van der Waals surface area contributed by atoms with Crippen LogP contribution in [0, 0.1) is 0 Å². The zero-order valence-electron chi connectivity index (χ0n) is 10.7. The summed E-state index contributed by atoms with van der Waals surface area (Å²) in [5.74, 6) is -0.626. The average molecular weight is 278 g/mol. The number of hydrogen-bond acceptors (Lipinski definition) is 4. The van der Waals surface area contributed by atoms with Gasteiger partial charge in [-0.3, -0.25) is 4.90 Å². The number of rotatable bonds is 4. The van der Waals surface area contributed by atoms with Crippen LogP contribution in [0.1, 0.15) is 31.4 Å². The van der Waals surface area contributed by atoms with Crippen LogP contribution < -0.4 is 0 Å². The van der Waals surface area contributed by atoms with E-state index in [1.165, 1.54) is 0 Å². The lowest BCUT2D eigenvalue weighted by Gasteiger charge is -2.29. The summed E-state index contributed by atoms with van der Waals surface area (Å²) >= 11 is 0. The van der Waals surface area contributed by atoms with E-state index in [0.717, 1.165) is 11.0 Å². The van der Waals surface area contributed by atoms with Crippen molar-refractivity contribution in [1.29, 1.82) is 0 Å². The van der Waals surface area contributed by atoms with Crippen LogP contribution >= 0.6 is 0 Å². The van der Waals surface area contributed by atoms with Crippen molar-refractivity contribution in [3.05, 3.63) is 11.6 Å². The van der Waals surface area contributed by atoms with Crippen molar-refractivity contribution in [2.45, 2.75) is 45.1 Å². The van der Waals surface area contributed by atoms with E-state index in [1.54, 1.807) is 0 Å². The molecule has 1 aromatic rings. The van der Waals surface area contributed by atoms with Crippen LogP contribution in [0.3, 0.4) is 0 Å². The van der Waals surface area contributed by atoms with Gasteiger partial charge in [-0.2, -0.15) is 13.2 Å². The van der Waals surface area contributed by atoms with Gasteiger partial charge in [0.25, 0.3) is 0 Å². The summed E-state index contributed by atoms with van der Waals surface area (Å²) in [6, 6.07) is 0. The van der Waals surface area contributed by atoms with Gasteiger partial charge in [-0.15, -0.1) is 10.2 Å². The third-order valence-electron chi connectivity index (χ3n) is 3.18. The molecule has 0 spiro atoms. The lowest BCUT2D eigenvalue weighted by Crippen LogP contribution is -2.39. The molecule has 0 radical (unpaired) electrons. The monoisotopic (exact) mass is 278 g/mol. The summed E-state index contributed by atoms with van der Waals surface area (Å²) < 4.78 is 39.0. The van der Waals surface area contributed by atoms with Crippen LogP contribution in [0.4, 0.5) is 13.2 Å². The Morgan fingerprint density at radius 2 is 2.05 bits per heavy atom. The molecule has 1 aliphatic rings. The van der Waals surface area contributed by atoms with Gasteiger partial charge in [0.1, 0.15) is 5.82 Å². The van der Waals surface area contributed by atoms with Gasteiger partial charge in [-0.25, -0.2) is 0 Å². The van der Waals surface area contributed by atoms with Gasteiger partial charge >= 0.3 is 6.18 Å². The predicted octanol–water partition coefficient (Wildman–Crippen LogP) is 1.27. The first-order valence-corrected chi connectivity index (χ1v) is 6.31. The highest BCUT2D eigenvalue weighted by Crippen LogP contribution is 2.29. The Balaban J connectivity index is 2.03. The predicted molar refractivity (Wildman–Crippen MR) is 61.2 cm³/mol. The first kappa shape index (κ1) is 14.3. The van der Waals surface area contributed by atoms with Crippen LogP contribution in [0.15, 0.2) is 0 Å². The number of β-amino-alcohol motifs (C(OH)–C–C–N with tert-alkyl or cyclic N) is 1. The Morgan fingerprint density at radius 3 is 2.68 bits per heavy atom. The van der Waals surface area contributed by atoms with E-state index in [-0.39, 0.29) is 6.54 Å². The normalized spacial score (nSPS) is 18.4. The van der Waals surface area contributed by atoms with E-state index < -0.39 is 18.1 Å². The molecule has 2 heterocycles. The van der Waals surface area contributed by atoms with Crippen molar-refractivity contribution in [2.24, 2.45) is 0 Å². The fourth-order valence-corrected chi connectivity index (χ4v) is 2.30. The molecule has 5 nitrogen and oxygen atoms in total. The van der Waals surface area contributed by atoms with Crippen LogP contribution in [0.2, 0.25) is 0 Å². The molecule has 0 saturated heterocycles. The second-order valence-corrected chi connectivity index (χ2v) is 4.77. The third kappa shape index (κ3) is 3.24. The number of hydrogen-bond donors (Lipinski definition) is 1. The molecule has 0 aliphatic carbocycles. The first-order chi connectivity index (χ1) is 8.91. The standard InChI is InChI=1S/C11H17F3N4O/c1-2-3-8(19)6-17-4-5-18-9(7-17)15-16-10(18)11(12,13)14/h8,19H,2-7H2,1H3. The lowest BCUT2D eigenvalue weighted by atomic mass is 10.2. The maximum Gasteiger partial charge on any atom is 0.451 e. The molecule has 1 N–H and O–H groups in total. The number of aromatic nitrogens is 3. The van der Waals surface area contributed by atoms with E-state index in [1.807, 2.05) is 11.8 Å². The van der Waals surface area contributed by atoms with E-state index in [2.05, 4.69) is 10.2 Å². The highest BCUT2D eigenvalue weighted by molar-refractivity contribution is 5.02. The number of fused-ring (bicyclic) bond motifs is 1. The molecule has 2 rings (SSSR count).